The second-order valence-corrected chi connectivity index (χ2v) is 2.76. The summed E-state index contributed by atoms with van der Waals surface area (Å²) in [5.41, 5.74) is 4.90. The zero-order valence-corrected chi connectivity index (χ0v) is 7.08. The first-order valence-corrected chi connectivity index (χ1v) is 3.92. The summed E-state index contributed by atoms with van der Waals surface area (Å²) < 4.78 is 18.0. The predicted octanol–water partition coefficient (Wildman–Crippen LogP) is 1.36. The molecule has 2 rings (SSSR count). The molecule has 0 unspecified atom stereocenters. The molecule has 0 spiro atoms. The van der Waals surface area contributed by atoms with Crippen LogP contribution in [-0.4, -0.2) is 5.16 Å². The maximum absolute atomic E-state index is 13.2. The molecule has 4 nitrogen and oxygen atoms in total. The number of benzene rings is 1. The zero-order valence-electron chi connectivity index (χ0n) is 7.08. The first-order valence-electron chi connectivity index (χ1n) is 3.92. The number of hydrogen-bond acceptors (Lipinski definition) is 3. The summed E-state index contributed by atoms with van der Waals surface area (Å²) in [6.07, 6.45) is 0. The van der Waals surface area contributed by atoms with E-state index in [-0.39, 0.29) is 17.0 Å². The third-order valence-electron chi connectivity index (χ3n) is 1.85. The molecule has 0 aliphatic rings. The molecule has 0 aliphatic heterocycles. The molecule has 14 heavy (non-hydrogen) atoms. The molecular weight excluding hydrogens is 187 g/mol. The van der Waals surface area contributed by atoms with Gasteiger partial charge in [-0.3, -0.25) is 4.79 Å². The van der Waals surface area contributed by atoms with E-state index in [1.54, 1.807) is 12.1 Å². The second-order valence-electron chi connectivity index (χ2n) is 2.76. The van der Waals surface area contributed by atoms with Crippen molar-refractivity contribution in [3.8, 4) is 11.3 Å². The van der Waals surface area contributed by atoms with Crippen molar-refractivity contribution in [1.82, 2.24) is 5.16 Å². The zero-order chi connectivity index (χ0) is 10.1. The van der Waals surface area contributed by atoms with Crippen molar-refractivity contribution in [2.24, 2.45) is 0 Å². The Hall–Kier alpha value is -2.04. The number of rotatable bonds is 1. The topological polar surface area (TPSA) is 72.0 Å². The smallest absolute Gasteiger partial charge is 0.303 e. The molecule has 0 amide bonds. The third kappa shape index (κ3) is 1.19. The Kier molecular flexibility index (Phi) is 1.85. The number of aromatic amines is 1. The van der Waals surface area contributed by atoms with Crippen LogP contribution in [0.4, 0.5) is 10.1 Å². The average Bonchev–Trinajstić information content (AvgIpc) is 2.49. The monoisotopic (exact) mass is 194 g/mol. The summed E-state index contributed by atoms with van der Waals surface area (Å²) in [5.74, 6) is -0.449. The highest BCUT2D eigenvalue weighted by Gasteiger charge is 2.14. The van der Waals surface area contributed by atoms with Gasteiger partial charge in [-0.1, -0.05) is 12.1 Å². The number of anilines is 1. The quantitative estimate of drug-likeness (QED) is 0.719. The number of nitrogens with two attached hydrogens (primary N) is 1. The van der Waals surface area contributed by atoms with E-state index < -0.39 is 11.4 Å². The van der Waals surface area contributed by atoms with Crippen molar-refractivity contribution in [1.29, 1.82) is 0 Å². The van der Waals surface area contributed by atoms with E-state index in [4.69, 9.17) is 10.3 Å². The second kappa shape index (κ2) is 3.02. The van der Waals surface area contributed by atoms with Gasteiger partial charge in [-0.25, -0.2) is 4.39 Å². The van der Waals surface area contributed by atoms with Gasteiger partial charge in [0.15, 0.2) is 5.76 Å². The number of nitrogen functional groups attached to an aromatic ring is 1. The summed E-state index contributed by atoms with van der Waals surface area (Å²) >= 11 is 0. The molecule has 0 atom stereocenters. The number of nitrogens with one attached hydrogen (secondary N) is 1. The first-order chi connectivity index (χ1) is 6.70. The predicted molar refractivity (Wildman–Crippen MR) is 49.1 cm³/mol. The van der Waals surface area contributed by atoms with Crippen LogP contribution in [0.1, 0.15) is 0 Å². The van der Waals surface area contributed by atoms with Gasteiger partial charge in [-0.05, 0) is 12.1 Å². The van der Waals surface area contributed by atoms with Crippen molar-refractivity contribution in [3.63, 3.8) is 0 Å². The highest BCUT2D eigenvalue weighted by molar-refractivity contribution is 5.70. The molecule has 1 aromatic carbocycles. The Morgan fingerprint density at radius 2 is 2.07 bits per heavy atom. The van der Waals surface area contributed by atoms with Crippen LogP contribution < -0.4 is 11.3 Å². The third-order valence-corrected chi connectivity index (χ3v) is 1.85. The van der Waals surface area contributed by atoms with Gasteiger partial charge in [0.05, 0.1) is 5.56 Å². The lowest BCUT2D eigenvalue weighted by molar-refractivity contribution is 0.424. The van der Waals surface area contributed by atoms with E-state index in [0.29, 0.717) is 0 Å². The van der Waals surface area contributed by atoms with E-state index in [0.717, 1.165) is 0 Å². The van der Waals surface area contributed by atoms with E-state index in [1.165, 1.54) is 12.1 Å². The molecule has 5 heteroatoms. The minimum absolute atomic E-state index is 0.0353. The van der Waals surface area contributed by atoms with Gasteiger partial charge in [0.1, 0.15) is 11.5 Å². The average molecular weight is 194 g/mol. The summed E-state index contributed by atoms with van der Waals surface area (Å²) in [5, 5.41) is 2.04. The number of hydrogen-bond donors (Lipinski definition) is 2. The largest absolute Gasteiger partial charge is 0.391 e. The van der Waals surface area contributed by atoms with Crippen molar-refractivity contribution < 1.29 is 8.91 Å². The van der Waals surface area contributed by atoms with Gasteiger partial charge >= 0.3 is 5.56 Å². The molecule has 72 valence electrons. The van der Waals surface area contributed by atoms with E-state index in [2.05, 4.69) is 0 Å². The standard InChI is InChI=1S/C9H7FN2O2/c10-6-4-2-1-3-5(6)8-7(11)9(13)12-14-8/h1-4H,11H2,(H,12,13). The van der Waals surface area contributed by atoms with Crippen LogP contribution in [-0.2, 0) is 0 Å². The SMILES string of the molecule is Nc1c(-c2ccccc2F)o[nH]c1=O. The molecule has 0 saturated heterocycles. The van der Waals surface area contributed by atoms with Gasteiger partial charge in [-0.2, -0.15) is 5.16 Å². The van der Waals surface area contributed by atoms with Gasteiger partial charge in [0, 0.05) is 0 Å². The fourth-order valence-electron chi connectivity index (χ4n) is 1.16. The van der Waals surface area contributed by atoms with Crippen LogP contribution in [0.25, 0.3) is 11.3 Å². The summed E-state index contributed by atoms with van der Waals surface area (Å²) in [4.78, 5) is 10.9. The molecule has 2 aromatic rings. The van der Waals surface area contributed by atoms with Gasteiger partial charge < -0.3 is 10.3 Å². The Balaban J connectivity index is 2.66. The van der Waals surface area contributed by atoms with Crippen LogP contribution in [0.5, 0.6) is 0 Å². The van der Waals surface area contributed by atoms with E-state index >= 15 is 0 Å². The first kappa shape index (κ1) is 8.55. The van der Waals surface area contributed by atoms with Crippen LogP contribution >= 0.6 is 0 Å². The maximum Gasteiger partial charge on any atom is 0.303 e. The molecule has 0 fully saturated rings. The number of aromatic nitrogens is 1. The maximum atomic E-state index is 13.2. The Morgan fingerprint density at radius 1 is 1.36 bits per heavy atom. The van der Waals surface area contributed by atoms with Crippen LogP contribution in [0.2, 0.25) is 0 Å². The minimum atomic E-state index is -0.553. The van der Waals surface area contributed by atoms with Gasteiger partial charge in [-0.15, -0.1) is 0 Å². The number of H-pyrrole nitrogens is 1. The highest BCUT2D eigenvalue weighted by atomic mass is 19.1. The summed E-state index contributed by atoms with van der Waals surface area (Å²) in [6.45, 7) is 0. The fraction of sp³-hybridized carbons (Fsp3) is 0. The molecular formula is C9H7FN2O2. The van der Waals surface area contributed by atoms with Crippen molar-refractivity contribution in [2.45, 2.75) is 0 Å². The van der Waals surface area contributed by atoms with Gasteiger partial charge in [0.2, 0.25) is 0 Å². The van der Waals surface area contributed by atoms with Crippen LogP contribution in [0.15, 0.2) is 33.6 Å². The molecule has 3 N–H and O–H groups in total. The molecule has 0 bridgehead atoms. The van der Waals surface area contributed by atoms with Crippen molar-refractivity contribution in [2.75, 3.05) is 5.73 Å². The molecule has 1 aromatic heterocycles. The Bertz CT molecular complexity index is 516. The minimum Gasteiger partial charge on any atom is -0.391 e. The lowest BCUT2D eigenvalue weighted by Gasteiger charge is -1.97. The van der Waals surface area contributed by atoms with E-state index in [9.17, 15) is 9.18 Å². The molecule has 0 radical (unpaired) electrons. The van der Waals surface area contributed by atoms with Crippen LogP contribution in [0.3, 0.4) is 0 Å². The normalized spacial score (nSPS) is 10.4. The number of halogens is 1. The summed E-state index contributed by atoms with van der Waals surface area (Å²) in [7, 11) is 0. The van der Waals surface area contributed by atoms with Crippen LogP contribution in [0, 0.1) is 5.82 Å². The summed E-state index contributed by atoms with van der Waals surface area (Å²) in [6, 6.07) is 5.92. The highest BCUT2D eigenvalue weighted by Crippen LogP contribution is 2.24. The van der Waals surface area contributed by atoms with Crippen molar-refractivity contribution >= 4 is 5.69 Å². The van der Waals surface area contributed by atoms with E-state index in [1.807, 2.05) is 5.16 Å². The molecule has 1 heterocycles. The lowest BCUT2D eigenvalue weighted by Crippen LogP contribution is -2.04. The molecule has 0 aliphatic carbocycles. The molecule has 0 saturated carbocycles. The van der Waals surface area contributed by atoms with Crippen molar-refractivity contribution in [3.05, 3.63) is 40.4 Å². The van der Waals surface area contributed by atoms with Gasteiger partial charge in [0.25, 0.3) is 0 Å². The fourth-order valence-corrected chi connectivity index (χ4v) is 1.16. The Labute approximate surface area is 78.1 Å². The lowest BCUT2D eigenvalue weighted by atomic mass is 10.1. The Morgan fingerprint density at radius 3 is 2.64 bits per heavy atom.